The number of hydrogen-bond acceptors (Lipinski definition) is 6. The van der Waals surface area contributed by atoms with E-state index in [0.29, 0.717) is 5.89 Å². The number of nitrogens with zero attached hydrogens (tertiary/aromatic N) is 2. The minimum Gasteiger partial charge on any atom is -0.408 e. The molecule has 0 radical (unpaired) electrons. The molecule has 19 heavy (non-hydrogen) atoms. The molecule has 0 bridgehead atoms. The van der Waals surface area contributed by atoms with Gasteiger partial charge in [0.2, 0.25) is 0 Å². The van der Waals surface area contributed by atoms with Crippen LogP contribution in [0.5, 0.6) is 0 Å². The maximum atomic E-state index is 5.26. The van der Waals surface area contributed by atoms with Crippen molar-refractivity contribution < 1.29 is 4.42 Å². The van der Waals surface area contributed by atoms with Crippen LogP contribution >= 0.6 is 35.3 Å². The number of thiazole rings is 1. The Morgan fingerprint density at radius 2 is 2.16 bits per heavy atom. The number of thioether (sulfide) groups is 1. The van der Waals surface area contributed by atoms with E-state index in [0.717, 1.165) is 15.6 Å². The van der Waals surface area contributed by atoms with E-state index in [1.165, 1.54) is 4.90 Å². The molecule has 3 rings (SSSR count). The van der Waals surface area contributed by atoms with Gasteiger partial charge in [0.1, 0.15) is 9.88 Å². The van der Waals surface area contributed by atoms with E-state index in [-0.39, 0.29) is 4.84 Å². The summed E-state index contributed by atoms with van der Waals surface area (Å²) in [6.45, 7) is 0. The zero-order valence-corrected chi connectivity index (χ0v) is 12.1. The Balaban J connectivity index is 1.70. The molecule has 1 aromatic carbocycles. The van der Waals surface area contributed by atoms with Crippen molar-refractivity contribution in [3.05, 3.63) is 46.4 Å². The molecular formula is C12H9N3OS3. The largest absolute Gasteiger partial charge is 0.408 e. The van der Waals surface area contributed by atoms with Crippen molar-refractivity contribution >= 4 is 35.3 Å². The number of aromatic nitrogens is 3. The summed E-state index contributed by atoms with van der Waals surface area (Å²) in [7, 11) is 0. The number of H-pyrrole nitrogens is 1. The Kier molecular flexibility index (Phi) is 3.77. The van der Waals surface area contributed by atoms with E-state index >= 15 is 0 Å². The average Bonchev–Trinajstić information content (AvgIpc) is 3.06. The van der Waals surface area contributed by atoms with Gasteiger partial charge in [0.25, 0.3) is 10.7 Å². The molecule has 0 atom stereocenters. The minimum absolute atomic E-state index is 0.281. The van der Waals surface area contributed by atoms with Gasteiger partial charge < -0.3 is 4.42 Å². The van der Waals surface area contributed by atoms with Gasteiger partial charge in [-0.3, -0.25) is 0 Å². The Morgan fingerprint density at radius 3 is 2.89 bits per heavy atom. The van der Waals surface area contributed by atoms with Gasteiger partial charge in [-0.15, -0.1) is 28.2 Å². The normalized spacial score (nSPS) is 10.7. The second-order valence-electron chi connectivity index (χ2n) is 3.64. The lowest BCUT2D eigenvalue weighted by atomic mass is 10.4. The summed E-state index contributed by atoms with van der Waals surface area (Å²) in [5.41, 5.74) is 0. The van der Waals surface area contributed by atoms with Gasteiger partial charge in [-0.05, 0) is 24.4 Å². The molecule has 0 aliphatic rings. The summed E-state index contributed by atoms with van der Waals surface area (Å²) >= 11 is 8.17. The molecule has 2 aromatic heterocycles. The van der Waals surface area contributed by atoms with Crippen molar-refractivity contribution in [3.63, 3.8) is 0 Å². The summed E-state index contributed by atoms with van der Waals surface area (Å²) in [6, 6.07) is 10.3. The second kappa shape index (κ2) is 5.68. The van der Waals surface area contributed by atoms with E-state index in [4.69, 9.17) is 16.6 Å². The molecule has 0 amide bonds. The molecule has 0 saturated carbocycles. The van der Waals surface area contributed by atoms with E-state index in [9.17, 15) is 0 Å². The zero-order chi connectivity index (χ0) is 13.1. The smallest absolute Gasteiger partial charge is 0.284 e. The molecule has 3 aromatic rings. The molecule has 0 aliphatic carbocycles. The van der Waals surface area contributed by atoms with E-state index in [1.807, 2.05) is 18.2 Å². The first-order valence-corrected chi connectivity index (χ1v) is 7.71. The first-order valence-electron chi connectivity index (χ1n) is 5.50. The molecule has 1 N–H and O–H groups in total. The number of rotatable bonds is 4. The zero-order valence-electron chi connectivity index (χ0n) is 9.70. The maximum Gasteiger partial charge on any atom is 0.284 e. The molecule has 0 spiro atoms. The first-order chi connectivity index (χ1) is 9.31. The van der Waals surface area contributed by atoms with Crippen LogP contribution in [0, 0.1) is 4.84 Å². The van der Waals surface area contributed by atoms with Crippen molar-refractivity contribution in [2.75, 3.05) is 0 Å². The Bertz CT molecular complexity index is 717. The third-order valence-corrected chi connectivity index (χ3v) is 4.67. The Labute approximate surface area is 122 Å². The van der Waals surface area contributed by atoms with Gasteiger partial charge in [0.05, 0.1) is 11.9 Å². The van der Waals surface area contributed by atoms with E-state index in [2.05, 4.69) is 27.3 Å². The highest BCUT2D eigenvalue weighted by molar-refractivity contribution is 7.98. The molecule has 0 unspecified atom stereocenters. The summed E-state index contributed by atoms with van der Waals surface area (Å²) in [5.74, 6) is 1.33. The highest BCUT2D eigenvalue weighted by Gasteiger charge is 2.09. The van der Waals surface area contributed by atoms with Crippen LogP contribution in [0.1, 0.15) is 5.01 Å². The van der Waals surface area contributed by atoms with Crippen molar-refractivity contribution in [3.8, 4) is 10.8 Å². The summed E-state index contributed by atoms with van der Waals surface area (Å²) in [6.07, 6.45) is 1.76. The molecule has 0 saturated heterocycles. The van der Waals surface area contributed by atoms with Crippen LogP contribution in [-0.2, 0) is 5.75 Å². The van der Waals surface area contributed by atoms with Crippen molar-refractivity contribution in [2.45, 2.75) is 10.6 Å². The van der Waals surface area contributed by atoms with Crippen LogP contribution in [0.4, 0.5) is 0 Å². The Hall–Kier alpha value is -1.44. The minimum atomic E-state index is 0.281. The van der Waals surface area contributed by atoms with Crippen molar-refractivity contribution in [1.82, 2.24) is 15.2 Å². The number of nitrogens with one attached hydrogen (secondary N) is 1. The molecule has 96 valence electrons. The molecule has 7 heteroatoms. The van der Waals surface area contributed by atoms with Crippen molar-refractivity contribution in [1.29, 1.82) is 0 Å². The monoisotopic (exact) mass is 307 g/mol. The predicted octanol–water partition coefficient (Wildman–Crippen LogP) is 4.15. The van der Waals surface area contributed by atoms with Crippen LogP contribution in [0.15, 0.2) is 45.8 Å². The fourth-order valence-electron chi connectivity index (χ4n) is 1.47. The molecule has 0 fully saturated rings. The lowest BCUT2D eigenvalue weighted by Gasteiger charge is -1.97. The summed E-state index contributed by atoms with van der Waals surface area (Å²) in [5, 5.41) is 7.63. The van der Waals surface area contributed by atoms with Gasteiger partial charge in [-0.25, -0.2) is 10.1 Å². The fourth-order valence-corrected chi connectivity index (χ4v) is 3.36. The summed E-state index contributed by atoms with van der Waals surface area (Å²) in [4.78, 5) is 6.77. The number of aromatic amines is 1. The number of hydrogen-bond donors (Lipinski definition) is 1. The molecular weight excluding hydrogens is 298 g/mol. The average molecular weight is 307 g/mol. The SMILES string of the molecule is S=c1[nH]nc(-c2cnc(CSc3ccccc3)s2)o1. The molecule has 4 nitrogen and oxygen atoms in total. The molecule has 0 aliphatic heterocycles. The highest BCUT2D eigenvalue weighted by atomic mass is 32.2. The van der Waals surface area contributed by atoms with Gasteiger partial charge in [-0.2, -0.15) is 0 Å². The lowest BCUT2D eigenvalue weighted by Crippen LogP contribution is -1.76. The lowest BCUT2D eigenvalue weighted by molar-refractivity contribution is 0.553. The van der Waals surface area contributed by atoms with Crippen LogP contribution in [-0.4, -0.2) is 15.2 Å². The molecule has 2 heterocycles. The van der Waals surface area contributed by atoms with Gasteiger partial charge >= 0.3 is 0 Å². The van der Waals surface area contributed by atoms with Crippen LogP contribution in [0.3, 0.4) is 0 Å². The highest BCUT2D eigenvalue weighted by Crippen LogP contribution is 2.29. The van der Waals surface area contributed by atoms with Gasteiger partial charge in [0, 0.05) is 4.90 Å². The first kappa shape index (κ1) is 12.6. The third kappa shape index (κ3) is 3.12. The maximum absolute atomic E-state index is 5.26. The topological polar surface area (TPSA) is 54.7 Å². The fraction of sp³-hybridized carbons (Fsp3) is 0.0833. The van der Waals surface area contributed by atoms with Gasteiger partial charge in [0.15, 0.2) is 0 Å². The Morgan fingerprint density at radius 1 is 1.32 bits per heavy atom. The van der Waals surface area contributed by atoms with E-state index in [1.54, 1.807) is 29.3 Å². The summed E-state index contributed by atoms with van der Waals surface area (Å²) < 4.78 is 5.26. The van der Waals surface area contributed by atoms with E-state index < -0.39 is 0 Å². The number of benzene rings is 1. The standard InChI is InChI=1S/C12H9N3OS3/c17-12-15-14-11(16-12)9-6-13-10(19-9)7-18-8-4-2-1-3-5-8/h1-6H,7H2,(H,15,17). The quantitative estimate of drug-likeness (QED) is 0.579. The van der Waals surface area contributed by atoms with Crippen LogP contribution < -0.4 is 0 Å². The van der Waals surface area contributed by atoms with Crippen LogP contribution in [0.25, 0.3) is 10.8 Å². The third-order valence-electron chi connectivity index (χ3n) is 2.31. The van der Waals surface area contributed by atoms with Crippen LogP contribution in [0.2, 0.25) is 0 Å². The predicted molar refractivity (Wildman–Crippen MR) is 78.8 cm³/mol. The second-order valence-corrected chi connectivity index (χ2v) is 6.17. The van der Waals surface area contributed by atoms with Crippen molar-refractivity contribution in [2.24, 2.45) is 0 Å². The van der Waals surface area contributed by atoms with Gasteiger partial charge in [-0.1, -0.05) is 18.2 Å².